The van der Waals surface area contributed by atoms with Crippen molar-refractivity contribution in [3.8, 4) is 0 Å². The van der Waals surface area contributed by atoms with E-state index in [1.165, 1.54) is 24.8 Å². The molecule has 68 valence electrons. The van der Waals surface area contributed by atoms with Crippen LogP contribution in [0, 0.1) is 0 Å². The molecule has 0 rings (SSSR count). The first kappa shape index (κ1) is 11.3. The van der Waals surface area contributed by atoms with Crippen LogP contribution < -0.4 is 0 Å². The molecule has 0 aromatic heterocycles. The second-order valence-electron chi connectivity index (χ2n) is 2.99. The van der Waals surface area contributed by atoms with Crippen LogP contribution in [0.25, 0.3) is 0 Å². The third kappa shape index (κ3) is 7.37. The Hall–Kier alpha value is -0.740. The van der Waals surface area contributed by atoms with Crippen molar-refractivity contribution in [2.24, 2.45) is 0 Å². The molecule has 0 fully saturated rings. The fraction of sp³-hybridized carbons (Fsp3) is 0.583. The van der Waals surface area contributed by atoms with Crippen molar-refractivity contribution in [2.75, 3.05) is 0 Å². The van der Waals surface area contributed by atoms with Gasteiger partial charge < -0.3 is 0 Å². The molecule has 0 aliphatic carbocycles. The molecule has 0 N–H and O–H groups in total. The minimum absolute atomic E-state index is 1.15. The van der Waals surface area contributed by atoms with Crippen molar-refractivity contribution >= 4 is 0 Å². The van der Waals surface area contributed by atoms with E-state index in [0.717, 1.165) is 6.42 Å². The van der Waals surface area contributed by atoms with Crippen LogP contribution in [0.4, 0.5) is 0 Å². The van der Waals surface area contributed by atoms with Crippen LogP contribution in [0.5, 0.6) is 0 Å². The number of unbranched alkanes of at least 4 members (excludes halogenated alkanes) is 2. The van der Waals surface area contributed by atoms with Crippen LogP contribution in [0.3, 0.4) is 0 Å². The third-order valence-electron chi connectivity index (χ3n) is 1.89. The molecule has 0 saturated heterocycles. The molecular formula is C12H20. The number of allylic oxidation sites excluding steroid dienone is 3. The summed E-state index contributed by atoms with van der Waals surface area (Å²) >= 11 is 0. The van der Waals surface area contributed by atoms with Gasteiger partial charge in [-0.1, -0.05) is 18.6 Å². The van der Waals surface area contributed by atoms with Gasteiger partial charge in [-0.15, -0.1) is 5.73 Å². The highest BCUT2D eigenvalue weighted by Crippen LogP contribution is 2.04. The Bertz CT molecular complexity index is 178. The maximum Gasteiger partial charge on any atom is -0.0272 e. The van der Waals surface area contributed by atoms with Gasteiger partial charge in [-0.05, 0) is 51.7 Å². The minimum atomic E-state index is 1.15. The van der Waals surface area contributed by atoms with E-state index >= 15 is 0 Å². The normalized spacial score (nSPS) is 10.8. The standard InChI is InChI=1S/C12H20/c1-4-6-7-8-9-10-11-12(3)5-2/h4,7,11H,5,8-10H2,1-3H3. The Morgan fingerprint density at radius 1 is 1.33 bits per heavy atom. The maximum atomic E-state index is 3.08. The Labute approximate surface area is 76.7 Å². The topological polar surface area (TPSA) is 0 Å². The Balaban J connectivity index is 3.39. The summed E-state index contributed by atoms with van der Waals surface area (Å²) in [6.45, 7) is 6.39. The lowest BCUT2D eigenvalue weighted by Gasteiger charge is -1.93. The van der Waals surface area contributed by atoms with Crippen molar-refractivity contribution in [1.82, 2.24) is 0 Å². The van der Waals surface area contributed by atoms with E-state index in [4.69, 9.17) is 0 Å². The van der Waals surface area contributed by atoms with Gasteiger partial charge in [0.25, 0.3) is 0 Å². The molecule has 0 heterocycles. The molecule has 0 saturated carbocycles. The largest absolute Gasteiger partial charge is 0.130 e. The van der Waals surface area contributed by atoms with Crippen LogP contribution in [0.15, 0.2) is 29.5 Å². The lowest BCUT2D eigenvalue weighted by atomic mass is 10.1. The molecular weight excluding hydrogens is 144 g/mol. The van der Waals surface area contributed by atoms with Gasteiger partial charge in [-0.25, -0.2) is 0 Å². The van der Waals surface area contributed by atoms with E-state index in [-0.39, 0.29) is 0 Å². The fourth-order valence-electron chi connectivity index (χ4n) is 0.914. The van der Waals surface area contributed by atoms with E-state index in [1.54, 1.807) is 0 Å². The van der Waals surface area contributed by atoms with Crippen molar-refractivity contribution in [3.63, 3.8) is 0 Å². The molecule has 0 heteroatoms. The molecule has 12 heavy (non-hydrogen) atoms. The summed E-state index contributed by atoms with van der Waals surface area (Å²) in [5.41, 5.74) is 4.58. The van der Waals surface area contributed by atoms with Crippen LogP contribution in [0.2, 0.25) is 0 Å². The molecule has 0 aromatic carbocycles. The van der Waals surface area contributed by atoms with E-state index < -0.39 is 0 Å². The predicted octanol–water partition coefficient (Wildman–Crippen LogP) is 4.24. The molecule has 0 unspecified atom stereocenters. The lowest BCUT2D eigenvalue weighted by Crippen LogP contribution is -1.73. The summed E-state index contributed by atoms with van der Waals surface area (Å²) in [5.74, 6) is 0. The molecule has 0 spiro atoms. The highest BCUT2D eigenvalue weighted by atomic mass is 13.9. The van der Waals surface area contributed by atoms with E-state index in [2.05, 4.69) is 31.7 Å². The lowest BCUT2D eigenvalue weighted by molar-refractivity contribution is 0.857. The van der Waals surface area contributed by atoms with Gasteiger partial charge in [0.05, 0.1) is 0 Å². The van der Waals surface area contributed by atoms with Crippen molar-refractivity contribution < 1.29 is 0 Å². The summed E-state index contributed by atoms with van der Waals surface area (Å²) in [7, 11) is 0. The van der Waals surface area contributed by atoms with E-state index in [1.807, 2.05) is 13.0 Å². The van der Waals surface area contributed by atoms with Gasteiger partial charge >= 0.3 is 0 Å². The van der Waals surface area contributed by atoms with Gasteiger partial charge in [-0.2, -0.15) is 0 Å². The average molecular weight is 164 g/mol. The molecule has 0 bridgehead atoms. The Kier molecular flexibility index (Phi) is 7.84. The Morgan fingerprint density at radius 3 is 2.67 bits per heavy atom. The summed E-state index contributed by atoms with van der Waals surface area (Å²) in [4.78, 5) is 0. The summed E-state index contributed by atoms with van der Waals surface area (Å²) < 4.78 is 0. The van der Waals surface area contributed by atoms with Gasteiger partial charge in [0, 0.05) is 0 Å². The second-order valence-corrected chi connectivity index (χ2v) is 2.99. The number of rotatable bonds is 5. The number of hydrogen-bond donors (Lipinski definition) is 0. The molecule has 0 nitrogen and oxygen atoms in total. The van der Waals surface area contributed by atoms with Crippen LogP contribution in [0.1, 0.15) is 46.5 Å². The third-order valence-corrected chi connectivity index (χ3v) is 1.89. The van der Waals surface area contributed by atoms with Gasteiger partial charge in [0.1, 0.15) is 0 Å². The monoisotopic (exact) mass is 164 g/mol. The smallest absolute Gasteiger partial charge is 0.0272 e. The average Bonchev–Trinajstić information content (AvgIpc) is 2.10. The summed E-state index contributed by atoms with van der Waals surface area (Å²) in [6, 6.07) is 0. The summed E-state index contributed by atoms with van der Waals surface area (Å²) in [6.07, 6.45) is 11.2. The zero-order valence-electron chi connectivity index (χ0n) is 8.56. The first-order valence-electron chi connectivity index (χ1n) is 4.82. The molecule has 0 aliphatic rings. The van der Waals surface area contributed by atoms with Crippen molar-refractivity contribution in [2.45, 2.75) is 46.5 Å². The van der Waals surface area contributed by atoms with Crippen LogP contribution in [-0.2, 0) is 0 Å². The zero-order valence-corrected chi connectivity index (χ0v) is 8.56. The van der Waals surface area contributed by atoms with Crippen LogP contribution in [-0.4, -0.2) is 0 Å². The van der Waals surface area contributed by atoms with Gasteiger partial charge in [0.2, 0.25) is 0 Å². The van der Waals surface area contributed by atoms with Crippen molar-refractivity contribution in [3.05, 3.63) is 29.5 Å². The van der Waals surface area contributed by atoms with Crippen LogP contribution >= 0.6 is 0 Å². The van der Waals surface area contributed by atoms with Crippen molar-refractivity contribution in [1.29, 1.82) is 0 Å². The predicted molar refractivity (Wildman–Crippen MR) is 56.2 cm³/mol. The highest BCUT2D eigenvalue weighted by molar-refractivity contribution is 4.96. The number of hydrogen-bond acceptors (Lipinski definition) is 0. The molecule has 0 aromatic rings. The maximum absolute atomic E-state index is 3.08. The van der Waals surface area contributed by atoms with Gasteiger partial charge in [0.15, 0.2) is 0 Å². The zero-order chi connectivity index (χ0) is 9.23. The molecule has 0 atom stereocenters. The van der Waals surface area contributed by atoms with E-state index in [0.29, 0.717) is 0 Å². The SMILES string of the molecule is CC=C=CCCCC=C(C)CC. The highest BCUT2D eigenvalue weighted by Gasteiger charge is 1.83. The minimum Gasteiger partial charge on any atom is -0.130 e. The van der Waals surface area contributed by atoms with Gasteiger partial charge in [-0.3, -0.25) is 0 Å². The molecule has 0 aliphatic heterocycles. The van der Waals surface area contributed by atoms with E-state index in [9.17, 15) is 0 Å². The Morgan fingerprint density at radius 2 is 2.08 bits per heavy atom. The fourth-order valence-corrected chi connectivity index (χ4v) is 0.914. The summed E-state index contributed by atoms with van der Waals surface area (Å²) in [5, 5.41) is 0. The quantitative estimate of drug-likeness (QED) is 0.324. The first-order chi connectivity index (χ1) is 5.81. The first-order valence-corrected chi connectivity index (χ1v) is 4.82. The molecule has 0 radical (unpaired) electrons. The second kappa shape index (κ2) is 8.36. The molecule has 0 amide bonds.